The molecular weight excluding hydrogens is 158 g/mol. The topological polar surface area (TPSA) is 37.8 Å². The summed E-state index contributed by atoms with van der Waals surface area (Å²) < 4.78 is 3.90. The predicted molar refractivity (Wildman–Crippen MR) is 45.7 cm³/mol. The third kappa shape index (κ3) is 2.15. The largest absolute Gasteiger partial charge is 0.360 e. The van der Waals surface area contributed by atoms with Crippen molar-refractivity contribution in [3.63, 3.8) is 0 Å². The van der Waals surface area contributed by atoms with Crippen LogP contribution in [0.2, 0.25) is 0 Å². The lowest BCUT2D eigenvalue weighted by molar-refractivity contribution is 0.760. The molecule has 2 rings (SSSR count). The standard InChI is InChI=1S/C7H11N3S/c1-2-6(1)3-4-8-7-9-5-10-11-7/h5-6H,1-4H2,(H,8,9,10). The van der Waals surface area contributed by atoms with Gasteiger partial charge in [0.2, 0.25) is 5.13 Å². The Balaban J connectivity index is 1.66. The van der Waals surface area contributed by atoms with Crippen molar-refractivity contribution in [1.82, 2.24) is 9.36 Å². The average Bonchev–Trinajstić information content (AvgIpc) is 2.66. The first-order valence-corrected chi connectivity index (χ1v) is 4.73. The zero-order chi connectivity index (χ0) is 7.52. The molecule has 0 bridgehead atoms. The zero-order valence-corrected chi connectivity index (χ0v) is 7.10. The van der Waals surface area contributed by atoms with Crippen LogP contribution in [0.4, 0.5) is 5.13 Å². The first-order valence-electron chi connectivity index (χ1n) is 3.96. The Kier molecular flexibility index (Phi) is 2.03. The second-order valence-corrected chi connectivity index (χ2v) is 3.69. The molecule has 0 amide bonds. The first kappa shape index (κ1) is 7.03. The second kappa shape index (κ2) is 3.17. The van der Waals surface area contributed by atoms with Crippen LogP contribution in [0.5, 0.6) is 0 Å². The summed E-state index contributed by atoms with van der Waals surface area (Å²) in [6, 6.07) is 0. The lowest BCUT2D eigenvalue weighted by Crippen LogP contribution is -2.01. The molecule has 0 radical (unpaired) electrons. The highest BCUT2D eigenvalue weighted by atomic mass is 32.1. The van der Waals surface area contributed by atoms with Crippen LogP contribution in [0.3, 0.4) is 0 Å². The van der Waals surface area contributed by atoms with Gasteiger partial charge in [0.05, 0.1) is 0 Å². The lowest BCUT2D eigenvalue weighted by atomic mass is 10.3. The van der Waals surface area contributed by atoms with Crippen LogP contribution in [0.25, 0.3) is 0 Å². The van der Waals surface area contributed by atoms with E-state index < -0.39 is 0 Å². The summed E-state index contributed by atoms with van der Waals surface area (Å²) in [7, 11) is 0. The quantitative estimate of drug-likeness (QED) is 0.746. The van der Waals surface area contributed by atoms with E-state index in [1.54, 1.807) is 6.33 Å². The third-order valence-corrected chi connectivity index (χ3v) is 2.51. The van der Waals surface area contributed by atoms with Gasteiger partial charge < -0.3 is 5.32 Å². The molecule has 1 aromatic heterocycles. The van der Waals surface area contributed by atoms with Crippen molar-refractivity contribution in [2.75, 3.05) is 11.9 Å². The Hall–Kier alpha value is -0.640. The second-order valence-electron chi connectivity index (χ2n) is 2.91. The number of hydrogen-bond donors (Lipinski definition) is 1. The number of rotatable bonds is 4. The number of anilines is 1. The summed E-state index contributed by atoms with van der Waals surface area (Å²) in [5.41, 5.74) is 0. The maximum atomic E-state index is 4.03. The van der Waals surface area contributed by atoms with Crippen molar-refractivity contribution in [1.29, 1.82) is 0 Å². The van der Waals surface area contributed by atoms with Gasteiger partial charge in [0.15, 0.2) is 0 Å². The van der Waals surface area contributed by atoms with E-state index in [0.29, 0.717) is 0 Å². The van der Waals surface area contributed by atoms with Crippen LogP contribution in [-0.4, -0.2) is 15.9 Å². The molecule has 3 nitrogen and oxygen atoms in total. The highest BCUT2D eigenvalue weighted by molar-refractivity contribution is 7.09. The molecule has 4 heteroatoms. The summed E-state index contributed by atoms with van der Waals surface area (Å²) in [6.45, 7) is 1.06. The Morgan fingerprint density at radius 2 is 2.55 bits per heavy atom. The maximum absolute atomic E-state index is 4.03. The Labute approximate surface area is 70.0 Å². The van der Waals surface area contributed by atoms with Gasteiger partial charge in [-0.1, -0.05) is 12.8 Å². The highest BCUT2D eigenvalue weighted by Gasteiger charge is 2.20. The summed E-state index contributed by atoms with van der Waals surface area (Å²) in [5.74, 6) is 0.996. The Bertz CT molecular complexity index is 205. The van der Waals surface area contributed by atoms with Gasteiger partial charge in [0, 0.05) is 18.1 Å². The van der Waals surface area contributed by atoms with Crippen molar-refractivity contribution in [2.24, 2.45) is 5.92 Å². The summed E-state index contributed by atoms with van der Waals surface area (Å²) in [6.07, 6.45) is 5.74. The molecule has 0 aliphatic heterocycles. The molecule has 1 saturated carbocycles. The number of nitrogens with one attached hydrogen (secondary N) is 1. The van der Waals surface area contributed by atoms with E-state index in [0.717, 1.165) is 17.6 Å². The average molecular weight is 169 g/mol. The monoisotopic (exact) mass is 169 g/mol. The van der Waals surface area contributed by atoms with Gasteiger partial charge in [-0.25, -0.2) is 4.98 Å². The molecule has 0 atom stereocenters. The fraction of sp³-hybridized carbons (Fsp3) is 0.714. The highest BCUT2D eigenvalue weighted by Crippen LogP contribution is 2.32. The summed E-state index contributed by atoms with van der Waals surface area (Å²) >= 11 is 1.42. The van der Waals surface area contributed by atoms with Crippen LogP contribution in [0.15, 0.2) is 6.33 Å². The van der Waals surface area contributed by atoms with Gasteiger partial charge in [-0.3, -0.25) is 0 Å². The molecule has 0 spiro atoms. The van der Waals surface area contributed by atoms with Crippen molar-refractivity contribution in [3.05, 3.63) is 6.33 Å². The normalized spacial score (nSPS) is 16.7. The van der Waals surface area contributed by atoms with Gasteiger partial charge in [-0.05, 0) is 12.3 Å². The van der Waals surface area contributed by atoms with E-state index in [1.807, 2.05) is 0 Å². The summed E-state index contributed by atoms with van der Waals surface area (Å²) in [5, 5.41) is 4.19. The SMILES string of the molecule is c1nsc(NCCC2CC2)n1. The van der Waals surface area contributed by atoms with Crippen LogP contribution < -0.4 is 5.32 Å². The van der Waals surface area contributed by atoms with Gasteiger partial charge in [0.25, 0.3) is 0 Å². The maximum Gasteiger partial charge on any atom is 0.202 e. The lowest BCUT2D eigenvalue weighted by Gasteiger charge is -1.98. The van der Waals surface area contributed by atoms with Crippen molar-refractivity contribution >= 4 is 16.7 Å². The predicted octanol–water partition coefficient (Wildman–Crippen LogP) is 1.75. The molecule has 1 fully saturated rings. The number of aromatic nitrogens is 2. The van der Waals surface area contributed by atoms with Crippen molar-refractivity contribution < 1.29 is 0 Å². The molecule has 1 N–H and O–H groups in total. The van der Waals surface area contributed by atoms with Gasteiger partial charge in [-0.15, -0.1) is 0 Å². The summed E-state index contributed by atoms with van der Waals surface area (Å²) in [4.78, 5) is 4.03. The smallest absolute Gasteiger partial charge is 0.202 e. The molecule has 1 aromatic rings. The van der Waals surface area contributed by atoms with E-state index in [9.17, 15) is 0 Å². The van der Waals surface area contributed by atoms with Gasteiger partial charge in [-0.2, -0.15) is 4.37 Å². The van der Waals surface area contributed by atoms with E-state index in [2.05, 4.69) is 14.7 Å². The Morgan fingerprint density at radius 3 is 3.18 bits per heavy atom. The van der Waals surface area contributed by atoms with Crippen LogP contribution in [-0.2, 0) is 0 Å². The zero-order valence-electron chi connectivity index (χ0n) is 6.29. The molecule has 0 aromatic carbocycles. The molecular formula is C7H11N3S. The minimum atomic E-state index is 0.950. The molecule has 11 heavy (non-hydrogen) atoms. The van der Waals surface area contributed by atoms with Crippen LogP contribution >= 0.6 is 11.5 Å². The fourth-order valence-corrected chi connectivity index (χ4v) is 1.50. The van der Waals surface area contributed by atoms with E-state index in [4.69, 9.17) is 0 Å². The molecule has 1 aliphatic carbocycles. The van der Waals surface area contributed by atoms with Gasteiger partial charge >= 0.3 is 0 Å². The van der Waals surface area contributed by atoms with E-state index >= 15 is 0 Å². The molecule has 0 saturated heterocycles. The fourth-order valence-electron chi connectivity index (χ4n) is 1.04. The number of hydrogen-bond acceptors (Lipinski definition) is 4. The molecule has 1 aliphatic rings. The Morgan fingerprint density at radius 1 is 1.64 bits per heavy atom. The molecule has 1 heterocycles. The van der Waals surface area contributed by atoms with Crippen molar-refractivity contribution in [2.45, 2.75) is 19.3 Å². The number of nitrogens with zero attached hydrogens (tertiary/aromatic N) is 2. The minimum Gasteiger partial charge on any atom is -0.360 e. The minimum absolute atomic E-state index is 0.950. The van der Waals surface area contributed by atoms with Crippen LogP contribution in [0.1, 0.15) is 19.3 Å². The van der Waals surface area contributed by atoms with Crippen LogP contribution in [0, 0.1) is 5.92 Å². The van der Waals surface area contributed by atoms with Gasteiger partial charge in [0.1, 0.15) is 6.33 Å². The van der Waals surface area contributed by atoms with Crippen molar-refractivity contribution in [3.8, 4) is 0 Å². The van der Waals surface area contributed by atoms with E-state index in [-0.39, 0.29) is 0 Å². The third-order valence-electron chi connectivity index (χ3n) is 1.89. The first-order chi connectivity index (χ1) is 5.45. The molecule has 0 unspecified atom stereocenters. The van der Waals surface area contributed by atoms with E-state index in [1.165, 1.54) is 30.8 Å². The molecule has 60 valence electrons.